The van der Waals surface area contributed by atoms with E-state index in [-0.39, 0.29) is 11.6 Å². The highest BCUT2D eigenvalue weighted by Crippen LogP contribution is 2.22. The molecule has 0 aliphatic carbocycles. The van der Waals surface area contributed by atoms with E-state index in [9.17, 15) is 13.2 Å². The van der Waals surface area contributed by atoms with Gasteiger partial charge >= 0.3 is 11.3 Å². The molecule has 2 aromatic carbocycles. The monoisotopic (exact) mass is 457 g/mol. The van der Waals surface area contributed by atoms with E-state index in [1.165, 1.54) is 0 Å². The molecule has 1 heterocycles. The number of alkyl carbamates (subject to hydrolysis) is 1. The lowest BCUT2D eigenvalue weighted by Crippen LogP contribution is -2.36. The van der Waals surface area contributed by atoms with Gasteiger partial charge in [-0.25, -0.2) is 13.2 Å². The fourth-order valence-electron chi connectivity index (χ4n) is 2.95. The van der Waals surface area contributed by atoms with E-state index >= 15 is 0 Å². The van der Waals surface area contributed by atoms with Crippen molar-refractivity contribution in [2.24, 2.45) is 0 Å². The molecule has 0 aliphatic rings. The van der Waals surface area contributed by atoms with Gasteiger partial charge in [-0.2, -0.15) is 0 Å². The minimum Gasteiger partial charge on any atom is -0.444 e. The standard InChI is InChI=1S/C23H27N3O5S/c1-16-10-12-18(13-11-16)15-32(28,29)22-26-25-20(30-22)19(14-17-8-6-5-7-9-17)24-21(27)31-23(2,3)4/h5-13,19H,14-15H2,1-4H3,(H,24,27). The summed E-state index contributed by atoms with van der Waals surface area (Å²) >= 11 is 0. The van der Waals surface area contributed by atoms with Crippen molar-refractivity contribution in [3.63, 3.8) is 0 Å². The number of aromatic nitrogens is 2. The maximum Gasteiger partial charge on any atom is 0.408 e. The Kier molecular flexibility index (Phi) is 6.98. The molecule has 0 saturated carbocycles. The maximum atomic E-state index is 12.8. The molecule has 1 atom stereocenters. The first kappa shape index (κ1) is 23.5. The van der Waals surface area contributed by atoms with Gasteiger partial charge in [-0.05, 0) is 38.8 Å². The largest absolute Gasteiger partial charge is 0.444 e. The highest BCUT2D eigenvalue weighted by Gasteiger charge is 2.28. The quantitative estimate of drug-likeness (QED) is 0.567. The van der Waals surface area contributed by atoms with Gasteiger partial charge in [0.15, 0.2) is 0 Å². The third-order valence-electron chi connectivity index (χ3n) is 4.44. The molecule has 170 valence electrons. The third-order valence-corrected chi connectivity index (χ3v) is 5.85. The first-order valence-corrected chi connectivity index (χ1v) is 11.8. The van der Waals surface area contributed by atoms with Crippen molar-refractivity contribution in [1.29, 1.82) is 0 Å². The summed E-state index contributed by atoms with van der Waals surface area (Å²) < 4.78 is 36.4. The van der Waals surface area contributed by atoms with Gasteiger partial charge in [0.1, 0.15) is 11.6 Å². The molecule has 0 spiro atoms. The first-order chi connectivity index (χ1) is 15.0. The number of aryl methyl sites for hydroxylation is 1. The number of ether oxygens (including phenoxy) is 1. The average Bonchev–Trinajstić information content (AvgIpc) is 3.20. The Morgan fingerprint density at radius 3 is 2.31 bits per heavy atom. The van der Waals surface area contributed by atoms with Gasteiger partial charge in [-0.15, -0.1) is 5.10 Å². The molecule has 1 N–H and O–H groups in total. The number of carbonyl (C=O) groups excluding carboxylic acids is 1. The van der Waals surface area contributed by atoms with Crippen LogP contribution in [-0.2, 0) is 26.7 Å². The Morgan fingerprint density at radius 2 is 1.69 bits per heavy atom. The molecule has 3 rings (SSSR count). The van der Waals surface area contributed by atoms with Crippen LogP contribution in [0.15, 0.2) is 64.2 Å². The Labute approximate surface area is 187 Å². The number of nitrogens with one attached hydrogen (secondary N) is 1. The molecular weight excluding hydrogens is 430 g/mol. The number of benzene rings is 2. The number of hydrogen-bond donors (Lipinski definition) is 1. The van der Waals surface area contributed by atoms with Crippen LogP contribution < -0.4 is 5.32 Å². The Hall–Kier alpha value is -3.20. The zero-order valence-corrected chi connectivity index (χ0v) is 19.3. The average molecular weight is 458 g/mol. The number of amides is 1. The number of sulfone groups is 1. The van der Waals surface area contributed by atoms with Gasteiger partial charge in [-0.1, -0.05) is 65.3 Å². The minimum atomic E-state index is -3.85. The third kappa shape index (κ3) is 6.65. The molecule has 8 nitrogen and oxygen atoms in total. The number of hydrogen-bond acceptors (Lipinski definition) is 7. The van der Waals surface area contributed by atoms with Gasteiger partial charge in [0, 0.05) is 6.42 Å². The highest BCUT2D eigenvalue weighted by atomic mass is 32.2. The van der Waals surface area contributed by atoms with Crippen LogP contribution in [-0.4, -0.2) is 30.3 Å². The second kappa shape index (κ2) is 9.52. The van der Waals surface area contributed by atoms with Crippen molar-refractivity contribution in [1.82, 2.24) is 15.5 Å². The lowest BCUT2D eigenvalue weighted by atomic mass is 10.1. The molecule has 1 unspecified atom stereocenters. The summed E-state index contributed by atoms with van der Waals surface area (Å²) in [5.41, 5.74) is 1.85. The van der Waals surface area contributed by atoms with E-state index in [4.69, 9.17) is 9.15 Å². The van der Waals surface area contributed by atoms with Crippen molar-refractivity contribution >= 4 is 15.9 Å². The van der Waals surface area contributed by atoms with Crippen molar-refractivity contribution < 1.29 is 22.4 Å². The lowest BCUT2D eigenvalue weighted by Gasteiger charge is -2.22. The second-order valence-electron chi connectivity index (χ2n) is 8.54. The summed E-state index contributed by atoms with van der Waals surface area (Å²) in [6, 6.07) is 15.8. The van der Waals surface area contributed by atoms with Crippen LogP contribution in [0.25, 0.3) is 0 Å². The lowest BCUT2D eigenvalue weighted by molar-refractivity contribution is 0.0494. The van der Waals surface area contributed by atoms with Crippen LogP contribution in [0.4, 0.5) is 4.79 Å². The van der Waals surface area contributed by atoms with Crippen LogP contribution >= 0.6 is 0 Å². The number of nitrogens with zero attached hydrogens (tertiary/aromatic N) is 2. The van der Waals surface area contributed by atoms with E-state index in [0.717, 1.165) is 11.1 Å². The van der Waals surface area contributed by atoms with Crippen LogP contribution in [0.1, 0.15) is 49.4 Å². The van der Waals surface area contributed by atoms with Gasteiger partial charge in [0.25, 0.3) is 0 Å². The van der Waals surface area contributed by atoms with Gasteiger partial charge in [0.2, 0.25) is 15.7 Å². The van der Waals surface area contributed by atoms with Crippen LogP contribution in [0, 0.1) is 6.92 Å². The first-order valence-electron chi connectivity index (χ1n) is 10.2. The van der Waals surface area contributed by atoms with Crippen molar-refractivity contribution in [2.45, 2.75) is 56.7 Å². The fourth-order valence-corrected chi connectivity index (χ4v) is 4.08. The van der Waals surface area contributed by atoms with Crippen molar-refractivity contribution in [3.8, 4) is 0 Å². The summed E-state index contributed by atoms with van der Waals surface area (Å²) in [5, 5.41) is 9.89. The van der Waals surface area contributed by atoms with E-state index in [0.29, 0.717) is 12.0 Å². The smallest absolute Gasteiger partial charge is 0.408 e. The summed E-state index contributed by atoms with van der Waals surface area (Å²) in [5.74, 6) is -0.278. The molecule has 0 bridgehead atoms. The maximum absolute atomic E-state index is 12.8. The summed E-state index contributed by atoms with van der Waals surface area (Å²) in [6.45, 7) is 7.18. The fraction of sp³-hybridized carbons (Fsp3) is 0.348. The highest BCUT2D eigenvalue weighted by molar-refractivity contribution is 7.90. The molecule has 0 radical (unpaired) electrons. The van der Waals surface area contributed by atoms with Crippen molar-refractivity contribution in [3.05, 3.63) is 77.2 Å². The second-order valence-corrected chi connectivity index (χ2v) is 10.4. The SMILES string of the molecule is Cc1ccc(CS(=O)(=O)c2nnc(C(Cc3ccccc3)NC(=O)OC(C)(C)C)o2)cc1. The molecule has 1 aromatic heterocycles. The van der Waals surface area contributed by atoms with Crippen LogP contribution in [0.2, 0.25) is 0 Å². The predicted molar refractivity (Wildman–Crippen MR) is 119 cm³/mol. The van der Waals surface area contributed by atoms with E-state index in [1.807, 2.05) is 49.4 Å². The molecule has 3 aromatic rings. The zero-order chi connectivity index (χ0) is 23.4. The molecule has 0 fully saturated rings. The van der Waals surface area contributed by atoms with Gasteiger partial charge in [-0.3, -0.25) is 0 Å². The summed E-state index contributed by atoms with van der Waals surface area (Å²) in [7, 11) is -3.85. The van der Waals surface area contributed by atoms with Crippen molar-refractivity contribution in [2.75, 3.05) is 0 Å². The van der Waals surface area contributed by atoms with Gasteiger partial charge < -0.3 is 14.5 Å². The summed E-state index contributed by atoms with van der Waals surface area (Å²) in [4.78, 5) is 12.4. The molecule has 1 amide bonds. The van der Waals surface area contributed by atoms with E-state index in [2.05, 4.69) is 15.5 Å². The summed E-state index contributed by atoms with van der Waals surface area (Å²) in [6.07, 6.45) is -0.347. The molecular formula is C23H27N3O5S. The van der Waals surface area contributed by atoms with E-state index < -0.39 is 32.8 Å². The minimum absolute atomic E-state index is 0.0119. The number of rotatable bonds is 7. The predicted octanol–water partition coefficient (Wildman–Crippen LogP) is 4.16. The zero-order valence-electron chi connectivity index (χ0n) is 18.5. The molecule has 0 saturated heterocycles. The van der Waals surface area contributed by atoms with Gasteiger partial charge in [0.05, 0.1) is 5.75 Å². The Bertz CT molecular complexity index is 1150. The topological polar surface area (TPSA) is 111 Å². The normalized spacial score (nSPS) is 12.9. The van der Waals surface area contributed by atoms with Crippen LogP contribution in [0.3, 0.4) is 0 Å². The number of carbonyl (C=O) groups is 1. The Morgan fingerprint density at radius 1 is 1.03 bits per heavy atom. The molecule has 9 heteroatoms. The van der Waals surface area contributed by atoms with Crippen LogP contribution in [0.5, 0.6) is 0 Å². The van der Waals surface area contributed by atoms with E-state index in [1.54, 1.807) is 32.9 Å². The Balaban J connectivity index is 1.83. The molecule has 0 aliphatic heterocycles. The molecule has 32 heavy (non-hydrogen) atoms.